The summed E-state index contributed by atoms with van der Waals surface area (Å²) in [6.45, 7) is 2.02. The lowest BCUT2D eigenvalue weighted by Crippen LogP contribution is -2.67. The van der Waals surface area contributed by atoms with E-state index >= 15 is 4.39 Å². The van der Waals surface area contributed by atoms with E-state index in [1.807, 2.05) is 91.0 Å². The van der Waals surface area contributed by atoms with Crippen LogP contribution in [-0.4, -0.2) is 48.8 Å². The monoisotopic (exact) mass is 742 g/mol. The second kappa shape index (κ2) is 16.4. The number of rotatable bonds is 15. The highest BCUT2D eigenvalue weighted by molar-refractivity contribution is 6.31. The van der Waals surface area contributed by atoms with E-state index < -0.39 is 47.9 Å². The van der Waals surface area contributed by atoms with Crippen molar-refractivity contribution in [1.82, 2.24) is 0 Å². The Kier molecular flexibility index (Phi) is 11.5. The van der Waals surface area contributed by atoms with Crippen molar-refractivity contribution in [3.63, 3.8) is 0 Å². The summed E-state index contributed by atoms with van der Waals surface area (Å²) >= 11 is 6.72. The van der Waals surface area contributed by atoms with Gasteiger partial charge in [0.05, 0.1) is 39.6 Å². The SMILES string of the molecule is CCOc1ccc(Cc2cc([C@]34OC[C@@](CO)(O3)[C@H](OCc3ccccc3)[C@H](OCc3ccccc3)[C@H]4OCc3ccccc3)ccc2Cl)c(F)c1F. The van der Waals surface area contributed by atoms with Gasteiger partial charge in [-0.05, 0) is 52.9 Å². The topological polar surface area (TPSA) is 75.6 Å². The highest BCUT2D eigenvalue weighted by Gasteiger charge is 2.69. The molecule has 5 aromatic rings. The van der Waals surface area contributed by atoms with E-state index in [4.69, 9.17) is 40.0 Å². The maximum Gasteiger partial charge on any atom is 0.225 e. The first kappa shape index (κ1) is 37.1. The molecular formula is C43H41ClF2O7. The van der Waals surface area contributed by atoms with Crippen LogP contribution in [0.15, 0.2) is 121 Å². The predicted octanol–water partition coefficient (Wildman–Crippen LogP) is 8.31. The van der Waals surface area contributed by atoms with Crippen LogP contribution in [-0.2, 0) is 55.7 Å². The van der Waals surface area contributed by atoms with Crippen LogP contribution in [0.3, 0.4) is 0 Å². The molecule has 0 radical (unpaired) electrons. The number of fused-ring (bicyclic) bond motifs is 2. The molecule has 53 heavy (non-hydrogen) atoms. The number of hydrogen-bond donors (Lipinski definition) is 1. The molecule has 2 heterocycles. The van der Waals surface area contributed by atoms with Gasteiger partial charge in [-0.3, -0.25) is 0 Å². The van der Waals surface area contributed by atoms with Crippen LogP contribution in [0.25, 0.3) is 0 Å². The summed E-state index contributed by atoms with van der Waals surface area (Å²) in [7, 11) is 0. The fraction of sp³-hybridized carbons (Fsp3) is 0.302. The van der Waals surface area contributed by atoms with Crippen molar-refractivity contribution in [2.75, 3.05) is 19.8 Å². The minimum Gasteiger partial charge on any atom is -0.491 e. The van der Waals surface area contributed by atoms with Gasteiger partial charge in [-0.2, -0.15) is 4.39 Å². The maximum atomic E-state index is 15.3. The molecule has 2 fully saturated rings. The molecule has 0 aromatic heterocycles. The number of aliphatic hydroxyl groups is 1. The molecule has 1 N–H and O–H groups in total. The Hall–Kier alpha value is -4.19. The van der Waals surface area contributed by atoms with Gasteiger partial charge in [-0.1, -0.05) is 115 Å². The van der Waals surface area contributed by atoms with Gasteiger partial charge in [0.25, 0.3) is 0 Å². The Morgan fingerprint density at radius 1 is 0.717 bits per heavy atom. The molecule has 2 saturated heterocycles. The predicted molar refractivity (Wildman–Crippen MR) is 195 cm³/mol. The van der Waals surface area contributed by atoms with Crippen molar-refractivity contribution >= 4 is 11.6 Å². The van der Waals surface area contributed by atoms with Gasteiger partial charge in [0.2, 0.25) is 11.6 Å². The van der Waals surface area contributed by atoms with Crippen LogP contribution in [0.4, 0.5) is 8.78 Å². The zero-order valence-corrected chi connectivity index (χ0v) is 30.0. The smallest absolute Gasteiger partial charge is 0.225 e. The van der Waals surface area contributed by atoms with E-state index in [1.165, 1.54) is 12.1 Å². The number of ether oxygens (including phenoxy) is 6. The van der Waals surface area contributed by atoms with E-state index in [0.717, 1.165) is 16.7 Å². The van der Waals surface area contributed by atoms with Crippen molar-refractivity contribution in [3.8, 4) is 5.75 Å². The van der Waals surface area contributed by atoms with Gasteiger partial charge >= 0.3 is 0 Å². The lowest BCUT2D eigenvalue weighted by Gasteiger charge is -2.50. The van der Waals surface area contributed by atoms with Gasteiger partial charge in [-0.15, -0.1) is 0 Å². The maximum absolute atomic E-state index is 15.3. The summed E-state index contributed by atoms with van der Waals surface area (Å²) in [5.74, 6) is -3.86. The third-order valence-electron chi connectivity index (χ3n) is 9.73. The van der Waals surface area contributed by atoms with Crippen molar-refractivity contribution in [1.29, 1.82) is 0 Å². The zero-order chi connectivity index (χ0) is 36.8. The Bertz CT molecular complexity index is 1970. The Balaban J connectivity index is 1.30. The quantitative estimate of drug-likeness (QED) is 0.116. The van der Waals surface area contributed by atoms with Crippen LogP contribution in [0, 0.1) is 11.6 Å². The largest absolute Gasteiger partial charge is 0.491 e. The fourth-order valence-electron chi connectivity index (χ4n) is 7.04. The highest BCUT2D eigenvalue weighted by atomic mass is 35.5. The molecule has 0 saturated carbocycles. The fourth-order valence-corrected chi connectivity index (χ4v) is 7.22. The van der Waals surface area contributed by atoms with Crippen molar-refractivity contribution in [2.24, 2.45) is 0 Å². The van der Waals surface area contributed by atoms with Crippen molar-refractivity contribution < 1.29 is 42.3 Å². The first-order valence-electron chi connectivity index (χ1n) is 17.7. The van der Waals surface area contributed by atoms with Crippen LogP contribution in [0.2, 0.25) is 5.02 Å². The summed E-state index contributed by atoms with van der Waals surface area (Å²) in [6.07, 6.45) is -2.62. The molecule has 2 aliphatic heterocycles. The third kappa shape index (κ3) is 7.75. The molecular weight excluding hydrogens is 702 g/mol. The number of halogens is 3. The molecule has 7 rings (SSSR count). The zero-order valence-electron chi connectivity index (χ0n) is 29.3. The molecule has 5 atom stereocenters. The minimum absolute atomic E-state index is 0.0324. The second-order valence-electron chi connectivity index (χ2n) is 13.2. The first-order valence-corrected chi connectivity index (χ1v) is 18.0. The molecule has 0 unspecified atom stereocenters. The summed E-state index contributed by atoms with van der Waals surface area (Å²) in [5, 5.41) is 11.5. The van der Waals surface area contributed by atoms with Crippen LogP contribution >= 0.6 is 11.6 Å². The summed E-state index contributed by atoms with van der Waals surface area (Å²) < 4.78 is 69.3. The molecule has 7 nitrogen and oxygen atoms in total. The van der Waals surface area contributed by atoms with Crippen LogP contribution in [0.5, 0.6) is 5.75 Å². The van der Waals surface area contributed by atoms with E-state index in [-0.39, 0.29) is 50.8 Å². The Morgan fingerprint density at radius 2 is 1.30 bits per heavy atom. The average Bonchev–Trinajstić information content (AvgIpc) is 3.55. The average molecular weight is 743 g/mol. The highest BCUT2D eigenvalue weighted by Crippen LogP contribution is 2.53. The minimum atomic E-state index is -1.62. The Labute approximate surface area is 313 Å². The number of hydrogen-bond acceptors (Lipinski definition) is 7. The Morgan fingerprint density at radius 3 is 1.89 bits per heavy atom. The van der Waals surface area contributed by atoms with Crippen LogP contribution in [0.1, 0.15) is 40.3 Å². The van der Waals surface area contributed by atoms with Gasteiger partial charge in [-0.25, -0.2) is 4.39 Å². The summed E-state index contributed by atoms with van der Waals surface area (Å²) in [6, 6.07) is 37.2. The second-order valence-corrected chi connectivity index (χ2v) is 13.7. The van der Waals surface area contributed by atoms with Gasteiger partial charge in [0.1, 0.15) is 23.9 Å². The third-order valence-corrected chi connectivity index (χ3v) is 10.1. The number of aliphatic hydroxyl groups excluding tert-OH is 1. The summed E-state index contributed by atoms with van der Waals surface area (Å²) in [4.78, 5) is 0. The lowest BCUT2D eigenvalue weighted by atomic mass is 9.83. The first-order chi connectivity index (χ1) is 25.9. The van der Waals surface area contributed by atoms with Crippen molar-refractivity contribution in [2.45, 2.75) is 62.9 Å². The van der Waals surface area contributed by atoms with Gasteiger partial charge in [0, 0.05) is 17.0 Å². The molecule has 5 aromatic carbocycles. The molecule has 276 valence electrons. The standard InChI is InChI=1S/C43H41ClF2O7/c1-2-48-36-21-18-32(37(45)38(36)46)22-33-23-34(19-20-35(33)44)43-41(51-26-31-16-10-5-11-17-31)39(49-24-29-12-6-3-7-13-29)40(42(27-47,53-43)28-52-43)50-25-30-14-8-4-9-15-30/h3-21,23,39-41,47H,2,22,24-28H2,1H3/t39-,40+,41+,42+,43-/m0/s1. The normalized spacial score (nSPS) is 23.6. The molecule has 2 bridgehead atoms. The van der Waals surface area contributed by atoms with E-state index in [0.29, 0.717) is 16.1 Å². The number of benzene rings is 5. The van der Waals surface area contributed by atoms with E-state index in [9.17, 15) is 9.50 Å². The molecule has 0 amide bonds. The molecule has 0 spiro atoms. The van der Waals surface area contributed by atoms with Crippen LogP contribution < -0.4 is 4.74 Å². The van der Waals surface area contributed by atoms with Gasteiger partial charge < -0.3 is 33.5 Å². The van der Waals surface area contributed by atoms with Crippen molar-refractivity contribution in [3.05, 3.63) is 171 Å². The molecule has 10 heteroatoms. The molecule has 0 aliphatic carbocycles. The van der Waals surface area contributed by atoms with E-state index in [2.05, 4.69) is 0 Å². The molecule has 2 aliphatic rings. The summed E-state index contributed by atoms with van der Waals surface area (Å²) in [5.41, 5.74) is 2.52. The van der Waals surface area contributed by atoms with Gasteiger partial charge in [0.15, 0.2) is 11.6 Å². The van der Waals surface area contributed by atoms with E-state index in [1.54, 1.807) is 25.1 Å². The lowest BCUT2D eigenvalue weighted by molar-refractivity contribution is -0.353.